The van der Waals surface area contributed by atoms with Gasteiger partial charge in [-0.2, -0.15) is 0 Å². The van der Waals surface area contributed by atoms with Gasteiger partial charge in [0.1, 0.15) is 5.82 Å². The van der Waals surface area contributed by atoms with Crippen LogP contribution in [0.3, 0.4) is 0 Å². The van der Waals surface area contributed by atoms with Gasteiger partial charge in [-0.1, -0.05) is 23.2 Å². The second-order valence-electron chi connectivity index (χ2n) is 4.11. The SMILES string of the molecule is Cc1cc(C(=O)O)c(F)cc1-c1cc(Cl)cc(Cl)c1. The van der Waals surface area contributed by atoms with E-state index in [2.05, 4.69) is 0 Å². The van der Waals surface area contributed by atoms with E-state index in [4.69, 9.17) is 28.3 Å². The van der Waals surface area contributed by atoms with Crippen molar-refractivity contribution in [2.24, 2.45) is 0 Å². The Morgan fingerprint density at radius 2 is 1.68 bits per heavy atom. The van der Waals surface area contributed by atoms with Gasteiger partial charge in [-0.15, -0.1) is 0 Å². The molecule has 0 aliphatic heterocycles. The highest BCUT2D eigenvalue weighted by molar-refractivity contribution is 6.35. The molecule has 0 aromatic heterocycles. The fourth-order valence-electron chi connectivity index (χ4n) is 1.87. The van der Waals surface area contributed by atoms with E-state index in [1.165, 1.54) is 12.1 Å². The number of benzene rings is 2. The summed E-state index contributed by atoms with van der Waals surface area (Å²) >= 11 is 11.8. The van der Waals surface area contributed by atoms with Crippen LogP contribution in [0.15, 0.2) is 30.3 Å². The summed E-state index contributed by atoms with van der Waals surface area (Å²) in [6, 6.07) is 7.35. The van der Waals surface area contributed by atoms with Gasteiger partial charge in [-0.05, 0) is 53.9 Å². The molecule has 0 fully saturated rings. The predicted molar refractivity (Wildman–Crippen MR) is 73.6 cm³/mol. The minimum absolute atomic E-state index is 0.352. The molecule has 1 N–H and O–H groups in total. The second kappa shape index (κ2) is 5.19. The molecule has 0 heterocycles. The van der Waals surface area contributed by atoms with E-state index in [0.29, 0.717) is 26.7 Å². The molecule has 0 unspecified atom stereocenters. The smallest absolute Gasteiger partial charge is 0.338 e. The third-order valence-corrected chi connectivity index (χ3v) is 3.15. The molecule has 2 rings (SSSR count). The van der Waals surface area contributed by atoms with Crippen LogP contribution in [0.4, 0.5) is 4.39 Å². The van der Waals surface area contributed by atoms with Gasteiger partial charge >= 0.3 is 5.97 Å². The highest BCUT2D eigenvalue weighted by Gasteiger charge is 2.14. The van der Waals surface area contributed by atoms with E-state index < -0.39 is 11.8 Å². The van der Waals surface area contributed by atoms with Gasteiger partial charge in [0, 0.05) is 10.0 Å². The molecular formula is C14H9Cl2FO2. The van der Waals surface area contributed by atoms with Crippen molar-refractivity contribution in [3.8, 4) is 11.1 Å². The van der Waals surface area contributed by atoms with E-state index in [-0.39, 0.29) is 5.56 Å². The van der Waals surface area contributed by atoms with Crippen molar-refractivity contribution in [1.29, 1.82) is 0 Å². The number of carbonyl (C=O) groups is 1. The molecule has 0 radical (unpaired) electrons. The van der Waals surface area contributed by atoms with Crippen molar-refractivity contribution in [2.45, 2.75) is 6.92 Å². The molecule has 2 nitrogen and oxygen atoms in total. The molecule has 0 saturated heterocycles. The summed E-state index contributed by atoms with van der Waals surface area (Å²) in [6.45, 7) is 1.70. The Morgan fingerprint density at radius 1 is 1.11 bits per heavy atom. The Kier molecular flexibility index (Phi) is 3.78. The number of carboxylic acids is 1. The van der Waals surface area contributed by atoms with Crippen molar-refractivity contribution >= 4 is 29.2 Å². The van der Waals surface area contributed by atoms with Gasteiger partial charge < -0.3 is 5.11 Å². The third-order valence-electron chi connectivity index (χ3n) is 2.72. The molecule has 0 aliphatic carbocycles. The Morgan fingerprint density at radius 3 is 2.21 bits per heavy atom. The summed E-state index contributed by atoms with van der Waals surface area (Å²) in [5.41, 5.74) is 1.49. The van der Waals surface area contributed by atoms with Crippen LogP contribution in [0.1, 0.15) is 15.9 Å². The molecule has 2 aromatic carbocycles. The van der Waals surface area contributed by atoms with Crippen LogP contribution < -0.4 is 0 Å². The van der Waals surface area contributed by atoms with Gasteiger partial charge in [0.05, 0.1) is 5.56 Å². The van der Waals surface area contributed by atoms with E-state index in [0.717, 1.165) is 0 Å². The lowest BCUT2D eigenvalue weighted by atomic mass is 9.98. The van der Waals surface area contributed by atoms with Gasteiger partial charge in [-0.25, -0.2) is 9.18 Å². The van der Waals surface area contributed by atoms with E-state index in [1.54, 1.807) is 25.1 Å². The fraction of sp³-hybridized carbons (Fsp3) is 0.0714. The first-order chi connectivity index (χ1) is 8.88. The first kappa shape index (κ1) is 13.8. The van der Waals surface area contributed by atoms with Crippen molar-refractivity contribution in [3.63, 3.8) is 0 Å². The zero-order valence-electron chi connectivity index (χ0n) is 9.88. The highest BCUT2D eigenvalue weighted by Crippen LogP contribution is 2.31. The molecule has 19 heavy (non-hydrogen) atoms. The summed E-state index contributed by atoms with van der Waals surface area (Å²) < 4.78 is 13.7. The molecule has 0 amide bonds. The number of hydrogen-bond acceptors (Lipinski definition) is 1. The van der Waals surface area contributed by atoms with E-state index in [9.17, 15) is 9.18 Å². The van der Waals surface area contributed by atoms with Gasteiger partial charge in [0.15, 0.2) is 0 Å². The fourth-order valence-corrected chi connectivity index (χ4v) is 2.39. The Balaban J connectivity index is 2.63. The molecule has 5 heteroatoms. The summed E-state index contributed by atoms with van der Waals surface area (Å²) in [5, 5.41) is 9.73. The molecule has 0 spiro atoms. The van der Waals surface area contributed by atoms with Gasteiger partial charge in [0.25, 0.3) is 0 Å². The predicted octanol–water partition coefficient (Wildman–Crippen LogP) is 4.81. The van der Waals surface area contributed by atoms with E-state index in [1.807, 2.05) is 0 Å². The molecule has 0 aliphatic rings. The van der Waals surface area contributed by atoms with Crippen molar-refractivity contribution in [3.05, 3.63) is 57.3 Å². The summed E-state index contributed by atoms with van der Waals surface area (Å²) in [6.07, 6.45) is 0. The lowest BCUT2D eigenvalue weighted by molar-refractivity contribution is 0.0692. The van der Waals surface area contributed by atoms with Gasteiger partial charge in [-0.3, -0.25) is 0 Å². The maximum Gasteiger partial charge on any atom is 0.338 e. The molecule has 0 atom stereocenters. The third kappa shape index (κ3) is 2.88. The second-order valence-corrected chi connectivity index (χ2v) is 4.98. The van der Waals surface area contributed by atoms with Crippen LogP contribution in [0.25, 0.3) is 11.1 Å². The number of aryl methyl sites for hydroxylation is 1. The average molecular weight is 299 g/mol. The van der Waals surface area contributed by atoms with Crippen LogP contribution in [0, 0.1) is 12.7 Å². The maximum atomic E-state index is 13.7. The topological polar surface area (TPSA) is 37.3 Å². The monoisotopic (exact) mass is 298 g/mol. The minimum Gasteiger partial charge on any atom is -0.478 e. The molecule has 2 aromatic rings. The quantitative estimate of drug-likeness (QED) is 0.864. The molecule has 98 valence electrons. The summed E-state index contributed by atoms with van der Waals surface area (Å²) in [7, 11) is 0. The number of rotatable bonds is 2. The Hall–Kier alpha value is -1.58. The number of halogens is 3. The average Bonchev–Trinajstić information content (AvgIpc) is 2.30. The van der Waals surface area contributed by atoms with Crippen LogP contribution in [0.2, 0.25) is 10.0 Å². The minimum atomic E-state index is -1.30. The van der Waals surface area contributed by atoms with E-state index >= 15 is 0 Å². The Bertz CT molecular complexity index is 648. The standard InChI is InChI=1S/C14H9Cl2FO2/c1-7-2-12(14(18)19)13(17)6-11(7)8-3-9(15)5-10(16)4-8/h2-6H,1H3,(H,18,19). The van der Waals surface area contributed by atoms with Crippen LogP contribution in [-0.2, 0) is 0 Å². The normalized spacial score (nSPS) is 10.5. The Labute approximate surface area is 119 Å². The number of aromatic carboxylic acids is 1. The zero-order chi connectivity index (χ0) is 14.2. The number of hydrogen-bond donors (Lipinski definition) is 1. The zero-order valence-corrected chi connectivity index (χ0v) is 11.4. The van der Waals surface area contributed by atoms with Crippen molar-refractivity contribution < 1.29 is 14.3 Å². The molecule has 0 saturated carbocycles. The lowest BCUT2D eigenvalue weighted by Gasteiger charge is -2.09. The summed E-state index contributed by atoms with van der Waals surface area (Å²) in [5.74, 6) is -2.08. The number of carboxylic acid groups (broad SMARTS) is 1. The summed E-state index contributed by atoms with van der Waals surface area (Å²) in [4.78, 5) is 10.8. The highest BCUT2D eigenvalue weighted by atomic mass is 35.5. The van der Waals surface area contributed by atoms with Crippen molar-refractivity contribution in [2.75, 3.05) is 0 Å². The van der Waals surface area contributed by atoms with Crippen LogP contribution in [0.5, 0.6) is 0 Å². The van der Waals surface area contributed by atoms with Crippen molar-refractivity contribution in [1.82, 2.24) is 0 Å². The molecule has 0 bridgehead atoms. The maximum absolute atomic E-state index is 13.7. The first-order valence-electron chi connectivity index (χ1n) is 5.38. The van der Waals surface area contributed by atoms with Gasteiger partial charge in [0.2, 0.25) is 0 Å². The largest absolute Gasteiger partial charge is 0.478 e. The molecular weight excluding hydrogens is 290 g/mol. The van der Waals surface area contributed by atoms with Crippen LogP contribution in [-0.4, -0.2) is 11.1 Å². The lowest BCUT2D eigenvalue weighted by Crippen LogP contribution is -2.02. The first-order valence-corrected chi connectivity index (χ1v) is 6.14. The van der Waals surface area contributed by atoms with Crippen LogP contribution >= 0.6 is 23.2 Å².